The maximum Gasteiger partial charge on any atom is 0.0410 e. The fraction of sp³-hybridized carbons (Fsp3) is 0.312. The third-order valence-electron chi connectivity index (χ3n) is 3.20. The lowest BCUT2D eigenvalue weighted by atomic mass is 9.97. The molecule has 0 bridgehead atoms. The van der Waals surface area contributed by atoms with Gasteiger partial charge in [-0.15, -0.1) is 0 Å². The van der Waals surface area contributed by atoms with E-state index in [1.165, 1.54) is 22.3 Å². The van der Waals surface area contributed by atoms with Crippen molar-refractivity contribution < 1.29 is 0 Å². The number of halogens is 1. The first-order valence-corrected chi connectivity index (χ1v) is 7.22. The number of pyridine rings is 1. The number of likely N-dealkylation sites (N-methyl/N-ethyl adjacent to an activating group) is 1. The molecule has 3 heteroatoms. The maximum absolute atomic E-state index is 4.24. The van der Waals surface area contributed by atoms with Crippen LogP contribution in [0, 0.1) is 13.8 Å². The zero-order valence-corrected chi connectivity index (χ0v) is 13.2. The Labute approximate surface area is 123 Å². The number of rotatable bonds is 4. The Balaban J connectivity index is 2.23. The monoisotopic (exact) mass is 318 g/mol. The largest absolute Gasteiger partial charge is 0.313 e. The smallest absolute Gasteiger partial charge is 0.0410 e. The van der Waals surface area contributed by atoms with E-state index in [9.17, 15) is 0 Å². The van der Waals surface area contributed by atoms with Gasteiger partial charge >= 0.3 is 0 Å². The molecule has 2 rings (SSSR count). The van der Waals surface area contributed by atoms with Gasteiger partial charge in [0.05, 0.1) is 0 Å². The Kier molecular flexibility index (Phi) is 4.72. The van der Waals surface area contributed by atoms with E-state index in [0.717, 1.165) is 10.9 Å². The van der Waals surface area contributed by atoms with Crippen molar-refractivity contribution in [3.8, 4) is 0 Å². The minimum absolute atomic E-state index is 0.284. The summed E-state index contributed by atoms with van der Waals surface area (Å²) in [6, 6.07) is 9.12. The topological polar surface area (TPSA) is 24.9 Å². The third kappa shape index (κ3) is 3.88. The summed E-state index contributed by atoms with van der Waals surface area (Å²) in [6.45, 7) is 4.29. The predicted octanol–water partition coefficient (Wildman–Crippen LogP) is 3.96. The number of hydrogen-bond donors (Lipinski definition) is 1. The standard InChI is InChI=1S/C16H19BrN2/c1-11-4-12(2)6-13(5-11)7-16(18-3)14-8-15(17)10-19-9-14/h4-6,8-10,16,18H,7H2,1-3H3. The molecule has 0 radical (unpaired) electrons. The molecule has 100 valence electrons. The number of aryl methyl sites for hydroxylation is 2. The van der Waals surface area contributed by atoms with Crippen LogP contribution in [0.25, 0.3) is 0 Å². The van der Waals surface area contributed by atoms with Gasteiger partial charge in [0, 0.05) is 22.9 Å². The van der Waals surface area contributed by atoms with Crippen LogP contribution in [0.3, 0.4) is 0 Å². The molecular formula is C16H19BrN2. The minimum atomic E-state index is 0.284. The Morgan fingerprint density at radius 3 is 2.37 bits per heavy atom. The Hall–Kier alpha value is -1.19. The van der Waals surface area contributed by atoms with Crippen LogP contribution in [0.4, 0.5) is 0 Å². The van der Waals surface area contributed by atoms with Gasteiger partial charge in [0.2, 0.25) is 0 Å². The van der Waals surface area contributed by atoms with Gasteiger partial charge in [-0.25, -0.2) is 0 Å². The van der Waals surface area contributed by atoms with E-state index in [-0.39, 0.29) is 6.04 Å². The summed E-state index contributed by atoms with van der Waals surface area (Å²) in [7, 11) is 1.99. The summed E-state index contributed by atoms with van der Waals surface area (Å²) in [6.07, 6.45) is 4.71. The summed E-state index contributed by atoms with van der Waals surface area (Å²) in [5.74, 6) is 0. The molecule has 0 amide bonds. The van der Waals surface area contributed by atoms with Gasteiger partial charge < -0.3 is 5.32 Å². The number of hydrogen-bond acceptors (Lipinski definition) is 2. The summed E-state index contributed by atoms with van der Waals surface area (Å²) >= 11 is 3.48. The number of aromatic nitrogens is 1. The molecule has 1 atom stereocenters. The van der Waals surface area contributed by atoms with Crippen molar-refractivity contribution in [1.82, 2.24) is 10.3 Å². The van der Waals surface area contributed by atoms with Gasteiger partial charge in [-0.05, 0) is 60.4 Å². The van der Waals surface area contributed by atoms with Gasteiger partial charge in [0.15, 0.2) is 0 Å². The Morgan fingerprint density at radius 1 is 1.11 bits per heavy atom. The number of benzene rings is 1. The molecule has 1 heterocycles. The predicted molar refractivity (Wildman–Crippen MR) is 83.4 cm³/mol. The van der Waals surface area contributed by atoms with Gasteiger partial charge in [-0.1, -0.05) is 29.3 Å². The molecule has 2 nitrogen and oxygen atoms in total. The van der Waals surface area contributed by atoms with Crippen molar-refractivity contribution in [3.63, 3.8) is 0 Å². The van der Waals surface area contributed by atoms with E-state index >= 15 is 0 Å². The summed E-state index contributed by atoms with van der Waals surface area (Å²) < 4.78 is 1.02. The van der Waals surface area contributed by atoms with Gasteiger partial charge in [-0.2, -0.15) is 0 Å². The van der Waals surface area contributed by atoms with Crippen molar-refractivity contribution in [3.05, 3.63) is 63.4 Å². The quantitative estimate of drug-likeness (QED) is 0.922. The van der Waals surface area contributed by atoms with Crippen LogP contribution in [0.2, 0.25) is 0 Å². The van der Waals surface area contributed by atoms with E-state index < -0.39 is 0 Å². The highest BCUT2D eigenvalue weighted by molar-refractivity contribution is 9.10. The van der Waals surface area contributed by atoms with Crippen LogP contribution in [0.1, 0.15) is 28.3 Å². The van der Waals surface area contributed by atoms with Crippen LogP contribution >= 0.6 is 15.9 Å². The second-order valence-corrected chi connectivity index (χ2v) is 5.89. The van der Waals surface area contributed by atoms with E-state index in [1.807, 2.05) is 19.4 Å². The van der Waals surface area contributed by atoms with Crippen LogP contribution < -0.4 is 5.32 Å². The lowest BCUT2D eigenvalue weighted by Gasteiger charge is -2.17. The number of nitrogens with one attached hydrogen (secondary N) is 1. The lowest BCUT2D eigenvalue weighted by Crippen LogP contribution is -2.19. The van der Waals surface area contributed by atoms with Gasteiger partial charge in [0.25, 0.3) is 0 Å². The van der Waals surface area contributed by atoms with Gasteiger partial charge in [0.1, 0.15) is 0 Å². The average molecular weight is 319 g/mol. The highest BCUT2D eigenvalue weighted by Crippen LogP contribution is 2.21. The normalized spacial score (nSPS) is 12.4. The molecule has 0 saturated heterocycles. The summed E-state index contributed by atoms with van der Waals surface area (Å²) in [4.78, 5) is 4.24. The van der Waals surface area contributed by atoms with Crippen LogP contribution in [0.15, 0.2) is 41.1 Å². The molecule has 1 aromatic carbocycles. The zero-order valence-electron chi connectivity index (χ0n) is 11.6. The molecule has 1 unspecified atom stereocenters. The van der Waals surface area contributed by atoms with E-state index in [2.05, 4.69) is 64.3 Å². The van der Waals surface area contributed by atoms with Crippen molar-refractivity contribution >= 4 is 15.9 Å². The average Bonchev–Trinajstić information content (AvgIpc) is 2.34. The molecule has 0 fully saturated rings. The summed E-state index contributed by atoms with van der Waals surface area (Å²) in [5, 5.41) is 3.37. The Morgan fingerprint density at radius 2 is 1.79 bits per heavy atom. The molecule has 0 saturated carbocycles. The van der Waals surface area contributed by atoms with Crippen LogP contribution in [-0.4, -0.2) is 12.0 Å². The summed E-state index contributed by atoms with van der Waals surface area (Å²) in [5.41, 5.74) is 5.20. The molecular weight excluding hydrogens is 300 g/mol. The molecule has 1 aromatic heterocycles. The first kappa shape index (κ1) is 14.2. The lowest BCUT2D eigenvalue weighted by molar-refractivity contribution is 0.589. The van der Waals surface area contributed by atoms with Crippen LogP contribution in [-0.2, 0) is 6.42 Å². The molecule has 0 spiro atoms. The van der Waals surface area contributed by atoms with Crippen LogP contribution in [0.5, 0.6) is 0 Å². The van der Waals surface area contributed by atoms with Crippen molar-refractivity contribution in [2.75, 3.05) is 7.05 Å². The zero-order chi connectivity index (χ0) is 13.8. The first-order valence-electron chi connectivity index (χ1n) is 6.43. The fourth-order valence-corrected chi connectivity index (χ4v) is 2.81. The number of nitrogens with zero attached hydrogens (tertiary/aromatic N) is 1. The fourth-order valence-electron chi connectivity index (χ4n) is 2.43. The minimum Gasteiger partial charge on any atom is -0.313 e. The second-order valence-electron chi connectivity index (χ2n) is 4.98. The molecule has 0 aliphatic heterocycles. The highest BCUT2D eigenvalue weighted by Gasteiger charge is 2.11. The van der Waals surface area contributed by atoms with Crippen molar-refractivity contribution in [1.29, 1.82) is 0 Å². The molecule has 0 aliphatic rings. The SMILES string of the molecule is CNC(Cc1cc(C)cc(C)c1)c1cncc(Br)c1. The van der Waals surface area contributed by atoms with E-state index in [4.69, 9.17) is 0 Å². The highest BCUT2D eigenvalue weighted by atomic mass is 79.9. The van der Waals surface area contributed by atoms with E-state index in [0.29, 0.717) is 0 Å². The first-order chi connectivity index (χ1) is 9.08. The Bertz CT molecular complexity index is 546. The third-order valence-corrected chi connectivity index (χ3v) is 3.63. The van der Waals surface area contributed by atoms with Crippen molar-refractivity contribution in [2.45, 2.75) is 26.3 Å². The maximum atomic E-state index is 4.24. The van der Waals surface area contributed by atoms with Crippen molar-refractivity contribution in [2.24, 2.45) is 0 Å². The molecule has 0 aliphatic carbocycles. The van der Waals surface area contributed by atoms with E-state index in [1.54, 1.807) is 0 Å². The second kappa shape index (κ2) is 6.31. The van der Waals surface area contributed by atoms with Gasteiger partial charge in [-0.3, -0.25) is 4.98 Å². The molecule has 19 heavy (non-hydrogen) atoms. The molecule has 2 aromatic rings. The molecule has 1 N–H and O–H groups in total.